The number of thioether (sulfide) groups is 1. The summed E-state index contributed by atoms with van der Waals surface area (Å²) in [5.41, 5.74) is 0.559. The molecule has 0 fully saturated rings. The van der Waals surface area contributed by atoms with Crippen molar-refractivity contribution in [3.05, 3.63) is 44.5 Å². The fourth-order valence-corrected chi connectivity index (χ4v) is 3.20. The maximum atomic E-state index is 11.8. The summed E-state index contributed by atoms with van der Waals surface area (Å²) in [6, 6.07) is 5.55. The van der Waals surface area contributed by atoms with Gasteiger partial charge in [-0.05, 0) is 23.8 Å². The first kappa shape index (κ1) is 16.8. The van der Waals surface area contributed by atoms with Crippen LogP contribution in [-0.2, 0) is 11.2 Å². The summed E-state index contributed by atoms with van der Waals surface area (Å²) >= 11 is 2.93. The molecule has 0 atom stereocenters. The van der Waals surface area contributed by atoms with E-state index in [-0.39, 0.29) is 23.1 Å². The zero-order chi connectivity index (χ0) is 15.9. The average molecular weight is 337 g/mol. The molecule has 0 aliphatic carbocycles. The highest BCUT2D eigenvalue weighted by atomic mass is 32.2. The van der Waals surface area contributed by atoms with Gasteiger partial charge in [0, 0.05) is 17.5 Å². The minimum atomic E-state index is -0.181. The van der Waals surface area contributed by atoms with Gasteiger partial charge < -0.3 is 10.3 Å². The molecule has 0 unspecified atom stereocenters. The van der Waals surface area contributed by atoms with Gasteiger partial charge in [-0.2, -0.15) is 0 Å². The second-order valence-corrected chi connectivity index (χ2v) is 7.09. The van der Waals surface area contributed by atoms with Gasteiger partial charge in [0.25, 0.3) is 5.56 Å². The molecule has 2 aromatic heterocycles. The molecule has 5 nitrogen and oxygen atoms in total. The Morgan fingerprint density at radius 2 is 2.32 bits per heavy atom. The van der Waals surface area contributed by atoms with Crippen molar-refractivity contribution in [2.45, 2.75) is 31.3 Å². The summed E-state index contributed by atoms with van der Waals surface area (Å²) in [6.07, 6.45) is 0.839. The number of carbonyl (C=O) groups excluding carboxylic acids is 1. The molecule has 2 N–H and O–H groups in total. The molecule has 22 heavy (non-hydrogen) atoms. The topological polar surface area (TPSA) is 74.8 Å². The predicted molar refractivity (Wildman–Crippen MR) is 90.7 cm³/mol. The lowest BCUT2D eigenvalue weighted by Crippen LogP contribution is -2.27. The van der Waals surface area contributed by atoms with E-state index in [0.717, 1.165) is 12.1 Å². The van der Waals surface area contributed by atoms with Gasteiger partial charge in [0.15, 0.2) is 5.16 Å². The summed E-state index contributed by atoms with van der Waals surface area (Å²) in [4.78, 5) is 31.6. The number of carbonyl (C=O) groups is 1. The lowest BCUT2D eigenvalue weighted by atomic mass is 10.1. The van der Waals surface area contributed by atoms with Crippen molar-refractivity contribution in [3.63, 3.8) is 0 Å². The minimum absolute atomic E-state index is 0.0563. The van der Waals surface area contributed by atoms with E-state index in [1.54, 1.807) is 11.3 Å². The second kappa shape index (κ2) is 8.14. The van der Waals surface area contributed by atoms with E-state index >= 15 is 0 Å². The Morgan fingerprint density at radius 1 is 1.50 bits per heavy atom. The molecular formula is C15H19N3O2S2. The number of amides is 1. The number of rotatable bonds is 7. The molecule has 0 aromatic carbocycles. The predicted octanol–water partition coefficient (Wildman–Crippen LogP) is 2.41. The Labute approximate surface area is 137 Å². The number of aromatic amines is 1. The number of nitrogens with one attached hydrogen (secondary N) is 2. The van der Waals surface area contributed by atoms with Gasteiger partial charge in [0.1, 0.15) is 0 Å². The Kier molecular flexibility index (Phi) is 6.21. The van der Waals surface area contributed by atoms with Crippen molar-refractivity contribution in [1.29, 1.82) is 0 Å². The van der Waals surface area contributed by atoms with Gasteiger partial charge in [-0.25, -0.2) is 4.98 Å². The van der Waals surface area contributed by atoms with Crippen LogP contribution in [0.15, 0.2) is 33.5 Å². The monoisotopic (exact) mass is 337 g/mol. The van der Waals surface area contributed by atoms with Gasteiger partial charge in [0.05, 0.1) is 11.4 Å². The molecule has 0 saturated carbocycles. The van der Waals surface area contributed by atoms with Gasteiger partial charge in [0.2, 0.25) is 5.91 Å². The maximum absolute atomic E-state index is 11.8. The Balaban J connectivity index is 1.79. The molecule has 1 amide bonds. The highest BCUT2D eigenvalue weighted by Crippen LogP contribution is 2.15. The summed E-state index contributed by atoms with van der Waals surface area (Å²) in [5, 5.41) is 5.39. The van der Waals surface area contributed by atoms with Gasteiger partial charge >= 0.3 is 0 Å². The third-order valence-electron chi connectivity index (χ3n) is 2.94. The summed E-state index contributed by atoms with van der Waals surface area (Å²) < 4.78 is 0. The van der Waals surface area contributed by atoms with E-state index in [9.17, 15) is 9.59 Å². The van der Waals surface area contributed by atoms with Crippen molar-refractivity contribution in [2.24, 2.45) is 0 Å². The van der Waals surface area contributed by atoms with Crippen molar-refractivity contribution < 1.29 is 4.79 Å². The number of thiophene rings is 1. The van der Waals surface area contributed by atoms with Crippen LogP contribution in [0.5, 0.6) is 0 Å². The first-order valence-corrected chi connectivity index (χ1v) is 8.94. The van der Waals surface area contributed by atoms with E-state index in [4.69, 9.17) is 0 Å². The SMILES string of the molecule is CC(C)c1cc(=O)[nH]c(SCC(=O)NCCc2cccs2)n1. The standard InChI is InChI=1S/C15H19N3O2S2/c1-10(2)12-8-13(19)18-15(17-12)22-9-14(20)16-6-5-11-4-3-7-21-11/h3-4,7-8,10H,5-6,9H2,1-2H3,(H,16,20)(H,17,18,19). The lowest BCUT2D eigenvalue weighted by molar-refractivity contribution is -0.118. The Hall–Kier alpha value is -1.60. The molecule has 0 aliphatic heterocycles. The van der Waals surface area contributed by atoms with E-state index in [2.05, 4.69) is 21.4 Å². The van der Waals surface area contributed by atoms with Gasteiger partial charge in [-0.1, -0.05) is 31.7 Å². The molecule has 0 aliphatic rings. The molecule has 0 bridgehead atoms. The van der Waals surface area contributed by atoms with Crippen LogP contribution in [-0.4, -0.2) is 28.2 Å². The van der Waals surface area contributed by atoms with Gasteiger partial charge in [-0.3, -0.25) is 9.59 Å². The quantitative estimate of drug-likeness (QED) is 0.601. The molecule has 0 radical (unpaired) electrons. The van der Waals surface area contributed by atoms with Crippen LogP contribution in [0.4, 0.5) is 0 Å². The fourth-order valence-electron chi connectivity index (χ4n) is 1.78. The van der Waals surface area contributed by atoms with Crippen molar-refractivity contribution >= 4 is 29.0 Å². The minimum Gasteiger partial charge on any atom is -0.355 e. The first-order chi connectivity index (χ1) is 10.5. The zero-order valence-electron chi connectivity index (χ0n) is 12.6. The number of nitrogens with zero attached hydrogens (tertiary/aromatic N) is 1. The van der Waals surface area contributed by atoms with E-state index < -0.39 is 0 Å². The summed E-state index contributed by atoms with van der Waals surface area (Å²) in [5.74, 6) is 0.370. The van der Waals surface area contributed by atoms with Crippen LogP contribution >= 0.6 is 23.1 Å². The van der Waals surface area contributed by atoms with E-state index in [1.807, 2.05) is 25.3 Å². The van der Waals surface area contributed by atoms with Gasteiger partial charge in [-0.15, -0.1) is 11.3 Å². The Bertz CT molecular complexity index is 666. The van der Waals surface area contributed by atoms with Crippen LogP contribution < -0.4 is 10.9 Å². The van der Waals surface area contributed by atoms with Crippen LogP contribution in [0.1, 0.15) is 30.3 Å². The molecule has 2 aromatic rings. The molecule has 7 heteroatoms. The third kappa shape index (κ3) is 5.31. The number of hydrogen-bond acceptors (Lipinski definition) is 5. The normalized spacial score (nSPS) is 10.9. The number of aromatic nitrogens is 2. The molecular weight excluding hydrogens is 318 g/mol. The van der Waals surface area contributed by atoms with Crippen molar-refractivity contribution in [2.75, 3.05) is 12.3 Å². The van der Waals surface area contributed by atoms with E-state index in [0.29, 0.717) is 11.7 Å². The van der Waals surface area contributed by atoms with Crippen LogP contribution in [0.3, 0.4) is 0 Å². The highest BCUT2D eigenvalue weighted by molar-refractivity contribution is 7.99. The fraction of sp³-hybridized carbons (Fsp3) is 0.400. The third-order valence-corrected chi connectivity index (χ3v) is 4.75. The van der Waals surface area contributed by atoms with Crippen molar-refractivity contribution in [3.8, 4) is 0 Å². The molecule has 0 saturated heterocycles. The summed E-state index contributed by atoms with van der Waals surface area (Å²) in [7, 11) is 0. The molecule has 2 heterocycles. The molecule has 2 rings (SSSR count). The maximum Gasteiger partial charge on any atom is 0.251 e. The smallest absolute Gasteiger partial charge is 0.251 e. The van der Waals surface area contributed by atoms with Crippen LogP contribution in [0.2, 0.25) is 0 Å². The van der Waals surface area contributed by atoms with E-state index in [1.165, 1.54) is 22.7 Å². The Morgan fingerprint density at radius 3 is 3.00 bits per heavy atom. The van der Waals surface area contributed by atoms with Crippen molar-refractivity contribution in [1.82, 2.24) is 15.3 Å². The largest absolute Gasteiger partial charge is 0.355 e. The lowest BCUT2D eigenvalue weighted by Gasteiger charge is -2.07. The summed E-state index contributed by atoms with van der Waals surface area (Å²) in [6.45, 7) is 4.58. The average Bonchev–Trinajstić information content (AvgIpc) is 2.98. The first-order valence-electron chi connectivity index (χ1n) is 7.07. The number of H-pyrrole nitrogens is 1. The molecule has 0 spiro atoms. The number of hydrogen-bond donors (Lipinski definition) is 2. The highest BCUT2D eigenvalue weighted by Gasteiger charge is 2.08. The van der Waals surface area contributed by atoms with Crippen LogP contribution in [0.25, 0.3) is 0 Å². The molecule has 118 valence electrons. The zero-order valence-corrected chi connectivity index (χ0v) is 14.2. The second-order valence-electron chi connectivity index (χ2n) is 5.10. The van der Waals surface area contributed by atoms with Crippen LogP contribution in [0, 0.1) is 0 Å².